The Kier molecular flexibility index (Phi) is 5.58. The SMILES string of the molecule is O=C1NC(=O)C(Cc2ccc(OCCS(=O)(=O)c3ccccn3)cc2)S1. The highest BCUT2D eigenvalue weighted by Crippen LogP contribution is 2.23. The molecule has 1 fully saturated rings. The molecule has 0 saturated carbocycles. The van der Waals surface area contributed by atoms with Gasteiger partial charge in [0.05, 0.1) is 11.0 Å². The molecule has 1 aromatic carbocycles. The largest absolute Gasteiger partial charge is 0.493 e. The third-order valence-electron chi connectivity index (χ3n) is 3.69. The summed E-state index contributed by atoms with van der Waals surface area (Å²) in [5.74, 6) is 0.0804. The van der Waals surface area contributed by atoms with Crippen molar-refractivity contribution in [3.63, 3.8) is 0 Å². The maximum Gasteiger partial charge on any atom is 0.286 e. The molecule has 1 atom stereocenters. The van der Waals surface area contributed by atoms with Crippen LogP contribution < -0.4 is 10.1 Å². The van der Waals surface area contributed by atoms with Crippen molar-refractivity contribution < 1.29 is 22.7 Å². The number of amides is 2. The first-order chi connectivity index (χ1) is 12.4. The summed E-state index contributed by atoms with van der Waals surface area (Å²) in [6.07, 6.45) is 1.87. The van der Waals surface area contributed by atoms with E-state index in [2.05, 4.69) is 10.3 Å². The lowest BCUT2D eigenvalue weighted by atomic mass is 10.1. The van der Waals surface area contributed by atoms with E-state index in [0.717, 1.165) is 17.3 Å². The maximum absolute atomic E-state index is 12.1. The number of thioether (sulfide) groups is 1. The van der Waals surface area contributed by atoms with E-state index in [1.54, 1.807) is 36.4 Å². The zero-order valence-corrected chi connectivity index (χ0v) is 15.3. The summed E-state index contributed by atoms with van der Waals surface area (Å²) in [6.45, 7) is 0.00758. The fraction of sp³-hybridized carbons (Fsp3) is 0.235. The normalized spacial score (nSPS) is 17.2. The Morgan fingerprint density at radius 2 is 1.88 bits per heavy atom. The summed E-state index contributed by atoms with van der Waals surface area (Å²) >= 11 is 0.984. The van der Waals surface area contributed by atoms with Crippen molar-refractivity contribution in [2.75, 3.05) is 12.4 Å². The summed E-state index contributed by atoms with van der Waals surface area (Å²) in [7, 11) is -3.48. The van der Waals surface area contributed by atoms with Crippen LogP contribution in [0.25, 0.3) is 0 Å². The molecule has 0 aliphatic carbocycles. The van der Waals surface area contributed by atoms with E-state index in [0.29, 0.717) is 12.2 Å². The van der Waals surface area contributed by atoms with Gasteiger partial charge < -0.3 is 4.74 Å². The van der Waals surface area contributed by atoms with Crippen LogP contribution in [0.2, 0.25) is 0 Å². The van der Waals surface area contributed by atoms with E-state index in [1.807, 2.05) is 0 Å². The number of carbonyl (C=O) groups is 2. The molecule has 1 aliphatic rings. The Bertz CT molecular complexity index is 899. The number of aromatic nitrogens is 1. The fourth-order valence-corrected chi connectivity index (χ4v) is 4.25. The number of sulfone groups is 1. The molecule has 2 heterocycles. The number of nitrogens with zero attached hydrogens (tertiary/aromatic N) is 1. The highest BCUT2D eigenvalue weighted by Gasteiger charge is 2.31. The Labute approximate surface area is 155 Å². The first kappa shape index (κ1) is 18.4. The molecule has 1 unspecified atom stereocenters. The van der Waals surface area contributed by atoms with Gasteiger partial charge >= 0.3 is 0 Å². The smallest absolute Gasteiger partial charge is 0.286 e. The highest BCUT2D eigenvalue weighted by molar-refractivity contribution is 8.15. The van der Waals surface area contributed by atoms with Crippen LogP contribution in [0.5, 0.6) is 5.75 Å². The molecule has 1 aromatic heterocycles. The van der Waals surface area contributed by atoms with Crippen molar-refractivity contribution in [2.24, 2.45) is 0 Å². The van der Waals surface area contributed by atoms with Gasteiger partial charge in [0, 0.05) is 6.20 Å². The molecule has 0 radical (unpaired) electrons. The first-order valence-electron chi connectivity index (χ1n) is 7.81. The van der Waals surface area contributed by atoms with E-state index in [-0.39, 0.29) is 28.5 Å². The fourth-order valence-electron chi connectivity index (χ4n) is 2.37. The lowest BCUT2D eigenvalue weighted by Crippen LogP contribution is -2.25. The van der Waals surface area contributed by atoms with Gasteiger partial charge in [0.15, 0.2) is 14.9 Å². The quantitative estimate of drug-likeness (QED) is 0.767. The monoisotopic (exact) mass is 392 g/mol. The Morgan fingerprint density at radius 1 is 1.12 bits per heavy atom. The number of hydrogen-bond acceptors (Lipinski definition) is 7. The van der Waals surface area contributed by atoms with Gasteiger partial charge in [-0.15, -0.1) is 0 Å². The minimum Gasteiger partial charge on any atom is -0.493 e. The van der Waals surface area contributed by atoms with Crippen molar-refractivity contribution in [3.8, 4) is 5.75 Å². The van der Waals surface area contributed by atoms with Gasteiger partial charge in [-0.1, -0.05) is 30.0 Å². The molecular weight excluding hydrogens is 376 g/mol. The van der Waals surface area contributed by atoms with Crippen molar-refractivity contribution in [2.45, 2.75) is 16.7 Å². The van der Waals surface area contributed by atoms with E-state index in [9.17, 15) is 18.0 Å². The lowest BCUT2D eigenvalue weighted by molar-refractivity contribution is -0.118. The minimum atomic E-state index is -3.48. The van der Waals surface area contributed by atoms with Gasteiger partial charge in [-0.25, -0.2) is 13.4 Å². The van der Waals surface area contributed by atoms with Crippen molar-refractivity contribution >= 4 is 32.7 Å². The summed E-state index contributed by atoms with van der Waals surface area (Å²) in [6, 6.07) is 11.7. The van der Waals surface area contributed by atoms with Gasteiger partial charge in [-0.2, -0.15) is 0 Å². The van der Waals surface area contributed by atoms with Crippen LogP contribution in [0.1, 0.15) is 5.56 Å². The van der Waals surface area contributed by atoms with Crippen LogP contribution in [-0.2, 0) is 21.1 Å². The second-order valence-corrected chi connectivity index (χ2v) is 8.80. The standard InChI is InChI=1S/C17H16N2O5S2/c20-16-14(25-17(21)19-16)11-12-4-6-13(7-5-12)24-9-10-26(22,23)15-3-1-2-8-18-15/h1-8,14H,9-11H2,(H,19,20,21). The first-order valence-corrected chi connectivity index (χ1v) is 10.3. The van der Waals surface area contributed by atoms with Gasteiger partial charge in [-0.3, -0.25) is 14.9 Å². The summed E-state index contributed by atoms with van der Waals surface area (Å²) < 4.78 is 29.7. The van der Waals surface area contributed by atoms with Gasteiger partial charge in [0.25, 0.3) is 5.24 Å². The van der Waals surface area contributed by atoms with Crippen LogP contribution in [0.3, 0.4) is 0 Å². The van der Waals surface area contributed by atoms with Gasteiger partial charge in [0.2, 0.25) is 5.91 Å². The number of rotatable bonds is 7. The Morgan fingerprint density at radius 3 is 2.50 bits per heavy atom. The molecule has 0 bridgehead atoms. The van der Waals surface area contributed by atoms with Gasteiger partial charge in [0.1, 0.15) is 12.4 Å². The molecule has 1 aliphatic heterocycles. The van der Waals surface area contributed by atoms with Crippen LogP contribution in [-0.4, -0.2) is 42.2 Å². The second kappa shape index (κ2) is 7.88. The number of benzene rings is 1. The van der Waals surface area contributed by atoms with Crippen LogP contribution >= 0.6 is 11.8 Å². The molecule has 2 aromatic rings. The summed E-state index contributed by atoms with van der Waals surface area (Å²) in [5.41, 5.74) is 0.890. The predicted molar refractivity (Wildman–Crippen MR) is 96.8 cm³/mol. The number of pyridine rings is 1. The average molecular weight is 392 g/mol. The third-order valence-corrected chi connectivity index (χ3v) is 6.25. The van der Waals surface area contributed by atoms with E-state index >= 15 is 0 Å². The molecule has 2 amide bonds. The Balaban J connectivity index is 1.52. The highest BCUT2D eigenvalue weighted by atomic mass is 32.2. The molecule has 9 heteroatoms. The molecule has 1 N–H and O–H groups in total. The molecule has 26 heavy (non-hydrogen) atoms. The molecule has 136 valence electrons. The van der Waals surface area contributed by atoms with E-state index in [1.165, 1.54) is 12.3 Å². The van der Waals surface area contributed by atoms with Crippen molar-refractivity contribution in [1.29, 1.82) is 0 Å². The lowest BCUT2D eigenvalue weighted by Gasteiger charge is -2.09. The topological polar surface area (TPSA) is 102 Å². The summed E-state index contributed by atoms with van der Waals surface area (Å²) in [5, 5.41) is 1.54. The zero-order valence-electron chi connectivity index (χ0n) is 13.6. The Hall–Kier alpha value is -2.39. The van der Waals surface area contributed by atoms with Crippen LogP contribution in [0.4, 0.5) is 4.79 Å². The number of carbonyl (C=O) groups excluding carboxylic acids is 2. The van der Waals surface area contributed by atoms with Gasteiger partial charge in [-0.05, 0) is 36.2 Å². The zero-order chi connectivity index (χ0) is 18.6. The molecule has 7 nitrogen and oxygen atoms in total. The second-order valence-electron chi connectivity index (χ2n) is 5.57. The molecule has 1 saturated heterocycles. The maximum atomic E-state index is 12.1. The number of ether oxygens (including phenoxy) is 1. The van der Waals surface area contributed by atoms with Crippen LogP contribution in [0, 0.1) is 0 Å². The molecule has 0 spiro atoms. The predicted octanol–water partition coefficient (Wildman–Crippen LogP) is 1.83. The van der Waals surface area contributed by atoms with E-state index in [4.69, 9.17) is 4.74 Å². The number of hydrogen-bond donors (Lipinski definition) is 1. The van der Waals surface area contributed by atoms with E-state index < -0.39 is 15.1 Å². The third kappa shape index (κ3) is 4.61. The average Bonchev–Trinajstić information content (AvgIpc) is 2.94. The van der Waals surface area contributed by atoms with Crippen molar-refractivity contribution in [3.05, 3.63) is 54.2 Å². The summed E-state index contributed by atoms with van der Waals surface area (Å²) in [4.78, 5) is 26.6. The van der Waals surface area contributed by atoms with Crippen molar-refractivity contribution in [1.82, 2.24) is 10.3 Å². The molecule has 3 rings (SSSR count). The number of nitrogens with one attached hydrogen (secondary N) is 1. The number of imide groups is 1. The molecular formula is C17H16N2O5S2. The van der Waals surface area contributed by atoms with Crippen LogP contribution in [0.15, 0.2) is 53.7 Å². The minimum absolute atomic E-state index is 0.00758.